The van der Waals surface area contributed by atoms with Gasteiger partial charge in [0.15, 0.2) is 0 Å². The number of rotatable bonds is 6. The summed E-state index contributed by atoms with van der Waals surface area (Å²) in [5, 5.41) is 0. The zero-order chi connectivity index (χ0) is 14.5. The van der Waals surface area contributed by atoms with Gasteiger partial charge < -0.3 is 19.5 Å². The molecule has 2 aromatic heterocycles. The predicted molar refractivity (Wildman–Crippen MR) is 76.5 cm³/mol. The average molecular weight is 276 g/mol. The number of ether oxygens (including phenoxy) is 1. The molecule has 2 heterocycles. The summed E-state index contributed by atoms with van der Waals surface area (Å²) in [4.78, 5) is 11.9. The van der Waals surface area contributed by atoms with E-state index in [4.69, 9.17) is 14.9 Å². The molecule has 5 heteroatoms. The maximum Gasteiger partial charge on any atom is 0.340 e. The quantitative estimate of drug-likeness (QED) is 0.650. The predicted octanol–water partition coefficient (Wildman–Crippen LogP) is 2.58. The van der Waals surface area contributed by atoms with Gasteiger partial charge in [0.05, 0.1) is 12.7 Å². The van der Waals surface area contributed by atoms with Gasteiger partial charge in [0.2, 0.25) is 0 Å². The Bertz CT molecular complexity index is 584. The summed E-state index contributed by atoms with van der Waals surface area (Å²) in [5.74, 6) is 1.14. The third-order valence-electron chi connectivity index (χ3n) is 3.16. The van der Waals surface area contributed by atoms with Crippen LogP contribution in [0.2, 0.25) is 0 Å². The minimum Gasteiger partial charge on any atom is -0.465 e. The molecular weight excluding hydrogens is 256 g/mol. The fraction of sp³-hybridized carbons (Fsp3) is 0.400. The summed E-state index contributed by atoms with van der Waals surface area (Å²) >= 11 is 0. The van der Waals surface area contributed by atoms with Crippen LogP contribution in [0, 0.1) is 6.92 Å². The minimum atomic E-state index is -0.355. The highest BCUT2D eigenvalue weighted by Gasteiger charge is 2.18. The fourth-order valence-corrected chi connectivity index (χ4v) is 2.12. The molecule has 0 aromatic carbocycles. The smallest absolute Gasteiger partial charge is 0.340 e. The maximum absolute atomic E-state index is 11.9. The van der Waals surface area contributed by atoms with Crippen molar-refractivity contribution in [3.63, 3.8) is 0 Å². The Morgan fingerprint density at radius 2 is 2.15 bits per heavy atom. The van der Waals surface area contributed by atoms with E-state index in [1.807, 2.05) is 29.8 Å². The first-order chi connectivity index (χ1) is 9.65. The number of nitrogens with zero attached hydrogens (tertiary/aromatic N) is 1. The Morgan fingerprint density at radius 1 is 1.35 bits per heavy atom. The molecular formula is C15H20N2O3. The Hall–Kier alpha value is -2.01. The lowest BCUT2D eigenvalue weighted by Gasteiger charge is -2.00. The minimum absolute atomic E-state index is 0.355. The van der Waals surface area contributed by atoms with E-state index in [9.17, 15) is 4.79 Å². The molecule has 2 rings (SSSR count). The number of hydrogen-bond acceptors (Lipinski definition) is 4. The molecule has 0 amide bonds. The number of aryl methyl sites for hydroxylation is 2. The van der Waals surface area contributed by atoms with Gasteiger partial charge >= 0.3 is 5.97 Å². The zero-order valence-electron chi connectivity index (χ0n) is 11.9. The molecule has 0 unspecified atom stereocenters. The Labute approximate surface area is 118 Å². The number of carbonyl (C=O) groups is 1. The van der Waals surface area contributed by atoms with Gasteiger partial charge in [-0.3, -0.25) is 0 Å². The number of furan rings is 1. The highest BCUT2D eigenvalue weighted by Crippen LogP contribution is 2.27. The molecule has 0 saturated heterocycles. The topological polar surface area (TPSA) is 70.4 Å². The second-order valence-corrected chi connectivity index (χ2v) is 4.72. The van der Waals surface area contributed by atoms with Gasteiger partial charge in [-0.1, -0.05) is 0 Å². The second-order valence-electron chi connectivity index (χ2n) is 4.72. The molecule has 0 aliphatic carbocycles. The molecule has 0 fully saturated rings. The van der Waals surface area contributed by atoms with Crippen LogP contribution in [0.25, 0.3) is 11.3 Å². The third-order valence-corrected chi connectivity index (χ3v) is 3.16. The summed E-state index contributed by atoms with van der Waals surface area (Å²) in [5.41, 5.74) is 6.78. The van der Waals surface area contributed by atoms with Gasteiger partial charge in [0, 0.05) is 24.5 Å². The van der Waals surface area contributed by atoms with E-state index in [2.05, 4.69) is 0 Å². The van der Waals surface area contributed by atoms with Crippen molar-refractivity contribution >= 4 is 5.97 Å². The van der Waals surface area contributed by atoms with Gasteiger partial charge in [0.25, 0.3) is 0 Å². The first kappa shape index (κ1) is 14.4. The maximum atomic E-state index is 11.9. The van der Waals surface area contributed by atoms with E-state index >= 15 is 0 Å². The standard InChI is InChI=1S/C15H20N2O3/c1-11-5-6-14(20-11)12-9-17(8-4-3-7-16)10-13(12)15(18)19-2/h5-6,9-10H,3-4,7-8,16H2,1-2H3. The number of carbonyl (C=O) groups excluding carboxylic acids is 1. The van der Waals surface area contributed by atoms with E-state index in [1.165, 1.54) is 7.11 Å². The van der Waals surface area contributed by atoms with Crippen molar-refractivity contribution in [1.82, 2.24) is 4.57 Å². The van der Waals surface area contributed by atoms with Crippen molar-refractivity contribution < 1.29 is 13.9 Å². The van der Waals surface area contributed by atoms with Gasteiger partial charge in [-0.2, -0.15) is 0 Å². The van der Waals surface area contributed by atoms with E-state index in [1.54, 1.807) is 6.20 Å². The van der Waals surface area contributed by atoms with E-state index in [0.29, 0.717) is 17.9 Å². The largest absolute Gasteiger partial charge is 0.465 e. The molecule has 5 nitrogen and oxygen atoms in total. The molecule has 108 valence electrons. The van der Waals surface area contributed by atoms with Crippen LogP contribution in [0.15, 0.2) is 28.9 Å². The summed E-state index contributed by atoms with van der Waals surface area (Å²) in [6.45, 7) is 3.37. The van der Waals surface area contributed by atoms with Crippen LogP contribution in [0.4, 0.5) is 0 Å². The monoisotopic (exact) mass is 276 g/mol. The Kier molecular flexibility index (Phi) is 4.63. The normalized spacial score (nSPS) is 10.8. The van der Waals surface area contributed by atoms with Crippen LogP contribution >= 0.6 is 0 Å². The molecule has 0 bridgehead atoms. The summed E-state index contributed by atoms with van der Waals surface area (Å²) < 4.78 is 12.4. The summed E-state index contributed by atoms with van der Waals surface area (Å²) in [6, 6.07) is 3.74. The van der Waals surface area contributed by atoms with Crippen LogP contribution in [0.3, 0.4) is 0 Å². The van der Waals surface area contributed by atoms with Crippen LogP contribution < -0.4 is 5.73 Å². The van der Waals surface area contributed by atoms with Gasteiger partial charge in [-0.15, -0.1) is 0 Å². The Morgan fingerprint density at radius 3 is 2.75 bits per heavy atom. The Balaban J connectivity index is 2.30. The molecule has 2 aromatic rings. The van der Waals surface area contributed by atoms with E-state index in [0.717, 1.165) is 30.7 Å². The molecule has 0 aliphatic heterocycles. The molecule has 2 N–H and O–H groups in total. The molecule has 0 saturated carbocycles. The fourth-order valence-electron chi connectivity index (χ4n) is 2.12. The number of nitrogens with two attached hydrogens (primary N) is 1. The lowest BCUT2D eigenvalue weighted by atomic mass is 10.1. The van der Waals surface area contributed by atoms with Crippen LogP contribution in [0.1, 0.15) is 29.0 Å². The number of hydrogen-bond donors (Lipinski definition) is 1. The van der Waals surface area contributed by atoms with Crippen molar-refractivity contribution in [3.05, 3.63) is 35.9 Å². The molecule has 0 radical (unpaired) electrons. The van der Waals surface area contributed by atoms with Crippen molar-refractivity contribution in [2.45, 2.75) is 26.3 Å². The first-order valence-electron chi connectivity index (χ1n) is 6.70. The van der Waals surface area contributed by atoms with Crippen LogP contribution in [-0.2, 0) is 11.3 Å². The number of esters is 1. The molecule has 0 atom stereocenters. The zero-order valence-corrected chi connectivity index (χ0v) is 11.9. The van der Waals surface area contributed by atoms with Crippen molar-refractivity contribution in [2.75, 3.05) is 13.7 Å². The second kappa shape index (κ2) is 6.43. The lowest BCUT2D eigenvalue weighted by Crippen LogP contribution is -2.03. The van der Waals surface area contributed by atoms with Crippen molar-refractivity contribution in [1.29, 1.82) is 0 Å². The van der Waals surface area contributed by atoms with Gasteiger partial charge in [-0.05, 0) is 38.4 Å². The first-order valence-corrected chi connectivity index (χ1v) is 6.70. The van der Waals surface area contributed by atoms with Crippen molar-refractivity contribution in [3.8, 4) is 11.3 Å². The number of aromatic nitrogens is 1. The summed E-state index contributed by atoms with van der Waals surface area (Å²) in [7, 11) is 1.38. The highest BCUT2D eigenvalue weighted by molar-refractivity contribution is 5.96. The highest BCUT2D eigenvalue weighted by atomic mass is 16.5. The molecule has 0 aliphatic rings. The molecule has 20 heavy (non-hydrogen) atoms. The van der Waals surface area contributed by atoms with E-state index < -0.39 is 0 Å². The SMILES string of the molecule is COC(=O)c1cn(CCCCN)cc1-c1ccc(C)o1. The average Bonchev–Trinajstić information content (AvgIpc) is 3.04. The molecule has 0 spiro atoms. The number of methoxy groups -OCH3 is 1. The van der Waals surface area contributed by atoms with Crippen LogP contribution in [0.5, 0.6) is 0 Å². The number of unbranched alkanes of at least 4 members (excludes halogenated alkanes) is 1. The van der Waals surface area contributed by atoms with E-state index in [-0.39, 0.29) is 5.97 Å². The van der Waals surface area contributed by atoms with Crippen LogP contribution in [-0.4, -0.2) is 24.2 Å². The van der Waals surface area contributed by atoms with Gasteiger partial charge in [0.1, 0.15) is 11.5 Å². The lowest BCUT2D eigenvalue weighted by molar-refractivity contribution is 0.0601. The summed E-state index contributed by atoms with van der Waals surface area (Å²) in [6.07, 6.45) is 5.65. The third kappa shape index (κ3) is 3.11. The van der Waals surface area contributed by atoms with Crippen molar-refractivity contribution in [2.24, 2.45) is 5.73 Å². The van der Waals surface area contributed by atoms with Gasteiger partial charge in [-0.25, -0.2) is 4.79 Å².